The second kappa shape index (κ2) is 6.62. The van der Waals surface area contributed by atoms with Crippen molar-refractivity contribution in [2.75, 3.05) is 6.61 Å². The van der Waals surface area contributed by atoms with Crippen molar-refractivity contribution in [3.8, 4) is 11.8 Å². The van der Waals surface area contributed by atoms with Gasteiger partial charge in [-0.3, -0.25) is 0 Å². The molecular formula is C16H16N2O3. The average molecular weight is 284 g/mol. The molecule has 0 bridgehead atoms. The Balaban J connectivity index is 2.31. The number of esters is 1. The normalized spacial score (nSPS) is 17.2. The van der Waals surface area contributed by atoms with Crippen LogP contribution in [0.3, 0.4) is 0 Å². The molecule has 1 aromatic rings. The van der Waals surface area contributed by atoms with E-state index in [1.54, 1.807) is 13.8 Å². The van der Waals surface area contributed by atoms with E-state index >= 15 is 0 Å². The number of carbonyl (C=O) groups excluding carboxylic acids is 2. The molecule has 1 aliphatic heterocycles. The van der Waals surface area contributed by atoms with Gasteiger partial charge < -0.3 is 15.4 Å². The van der Waals surface area contributed by atoms with Crippen molar-refractivity contribution in [3.63, 3.8) is 0 Å². The Hall–Kier alpha value is -2.74. The van der Waals surface area contributed by atoms with Gasteiger partial charge in [-0.1, -0.05) is 30.0 Å². The van der Waals surface area contributed by atoms with Gasteiger partial charge in [-0.2, -0.15) is 0 Å². The minimum atomic E-state index is -0.682. The first-order chi connectivity index (χ1) is 10.1. The van der Waals surface area contributed by atoms with Gasteiger partial charge >= 0.3 is 12.0 Å². The summed E-state index contributed by atoms with van der Waals surface area (Å²) in [6.45, 7) is 3.65. The largest absolute Gasteiger partial charge is 0.462 e. The molecule has 108 valence electrons. The van der Waals surface area contributed by atoms with Crippen LogP contribution in [0.5, 0.6) is 0 Å². The van der Waals surface area contributed by atoms with Gasteiger partial charge in [0, 0.05) is 11.3 Å². The monoisotopic (exact) mass is 284 g/mol. The van der Waals surface area contributed by atoms with E-state index in [4.69, 9.17) is 4.74 Å². The van der Waals surface area contributed by atoms with Crippen molar-refractivity contribution >= 4 is 12.0 Å². The Kier molecular flexibility index (Phi) is 4.62. The molecule has 0 saturated carbocycles. The van der Waals surface area contributed by atoms with E-state index < -0.39 is 12.0 Å². The third kappa shape index (κ3) is 3.63. The molecule has 2 amide bonds. The zero-order valence-electron chi connectivity index (χ0n) is 11.9. The van der Waals surface area contributed by atoms with Crippen LogP contribution in [0.25, 0.3) is 0 Å². The van der Waals surface area contributed by atoms with Gasteiger partial charge in [-0.15, -0.1) is 0 Å². The van der Waals surface area contributed by atoms with Crippen LogP contribution in [0.15, 0.2) is 41.6 Å². The molecule has 1 aliphatic rings. The third-order valence-electron chi connectivity index (χ3n) is 2.90. The summed E-state index contributed by atoms with van der Waals surface area (Å²) in [5, 5.41) is 5.18. The van der Waals surface area contributed by atoms with E-state index in [0.717, 1.165) is 5.56 Å². The first kappa shape index (κ1) is 14.7. The van der Waals surface area contributed by atoms with Crippen molar-refractivity contribution in [1.29, 1.82) is 0 Å². The summed E-state index contributed by atoms with van der Waals surface area (Å²) in [6, 6.07) is 8.29. The van der Waals surface area contributed by atoms with Crippen molar-refractivity contribution in [2.45, 2.75) is 19.9 Å². The fourth-order valence-corrected chi connectivity index (χ4v) is 1.96. The Morgan fingerprint density at radius 3 is 2.71 bits per heavy atom. The lowest BCUT2D eigenvalue weighted by atomic mass is 10.0. The first-order valence-corrected chi connectivity index (χ1v) is 6.63. The maximum atomic E-state index is 12.0. The zero-order chi connectivity index (χ0) is 15.2. The number of amides is 2. The van der Waals surface area contributed by atoms with Gasteiger partial charge in [0.2, 0.25) is 0 Å². The molecule has 1 heterocycles. The molecule has 1 atom stereocenters. The SMILES string of the molecule is CCOC(=O)C1=C(C)NC(=O)NC1C#Cc1ccccc1. The summed E-state index contributed by atoms with van der Waals surface area (Å²) in [4.78, 5) is 23.5. The molecule has 0 spiro atoms. The van der Waals surface area contributed by atoms with Crippen LogP contribution in [0, 0.1) is 11.8 Å². The minimum Gasteiger partial charge on any atom is -0.462 e. The van der Waals surface area contributed by atoms with Crippen LogP contribution in [0.1, 0.15) is 19.4 Å². The number of hydrogen-bond acceptors (Lipinski definition) is 3. The fourth-order valence-electron chi connectivity index (χ4n) is 1.96. The maximum Gasteiger partial charge on any atom is 0.338 e. The summed E-state index contributed by atoms with van der Waals surface area (Å²) in [5.74, 6) is 5.38. The third-order valence-corrected chi connectivity index (χ3v) is 2.90. The molecule has 2 rings (SSSR count). The highest BCUT2D eigenvalue weighted by Gasteiger charge is 2.29. The number of ether oxygens (including phenoxy) is 1. The first-order valence-electron chi connectivity index (χ1n) is 6.63. The van der Waals surface area contributed by atoms with E-state index in [1.165, 1.54) is 0 Å². The summed E-state index contributed by atoms with van der Waals surface area (Å²) >= 11 is 0. The summed E-state index contributed by atoms with van der Waals surface area (Å²) in [6.07, 6.45) is 0. The van der Waals surface area contributed by atoms with Crippen LogP contribution in [-0.2, 0) is 9.53 Å². The number of nitrogens with one attached hydrogen (secondary N) is 2. The van der Waals surface area contributed by atoms with Gasteiger partial charge in [0.1, 0.15) is 6.04 Å². The highest BCUT2D eigenvalue weighted by Crippen LogP contribution is 2.13. The maximum absolute atomic E-state index is 12.0. The Bertz CT molecular complexity index is 638. The van der Waals surface area contributed by atoms with Crippen LogP contribution in [0.4, 0.5) is 4.79 Å². The molecule has 21 heavy (non-hydrogen) atoms. The Morgan fingerprint density at radius 1 is 1.33 bits per heavy atom. The van der Waals surface area contributed by atoms with Crippen LogP contribution in [-0.4, -0.2) is 24.6 Å². The van der Waals surface area contributed by atoms with Crippen molar-refractivity contribution in [2.24, 2.45) is 0 Å². The molecule has 0 aromatic heterocycles. The molecule has 0 radical (unpaired) electrons. The Labute approximate surface area is 123 Å². The van der Waals surface area contributed by atoms with Gasteiger partial charge in [-0.25, -0.2) is 9.59 Å². The standard InChI is InChI=1S/C16H16N2O3/c1-3-21-15(19)14-11(2)17-16(20)18-13(14)10-9-12-7-5-4-6-8-12/h4-8,13H,3H2,1-2H3,(H2,17,18,20). The molecule has 2 N–H and O–H groups in total. The number of urea groups is 1. The lowest BCUT2D eigenvalue weighted by molar-refractivity contribution is -0.138. The number of rotatable bonds is 2. The number of carbonyl (C=O) groups is 2. The number of benzene rings is 1. The number of hydrogen-bond donors (Lipinski definition) is 2. The molecular weight excluding hydrogens is 268 g/mol. The van der Waals surface area contributed by atoms with Crippen LogP contribution in [0.2, 0.25) is 0 Å². The van der Waals surface area contributed by atoms with Crippen molar-refractivity contribution < 1.29 is 14.3 Å². The molecule has 0 aliphatic carbocycles. The highest BCUT2D eigenvalue weighted by molar-refractivity contribution is 5.95. The predicted molar refractivity (Wildman–Crippen MR) is 78.1 cm³/mol. The van der Waals surface area contributed by atoms with Gasteiger partial charge in [0.05, 0.1) is 12.2 Å². The highest BCUT2D eigenvalue weighted by atomic mass is 16.5. The molecule has 0 saturated heterocycles. The van der Waals surface area contributed by atoms with E-state index in [0.29, 0.717) is 11.3 Å². The Morgan fingerprint density at radius 2 is 2.05 bits per heavy atom. The summed E-state index contributed by atoms with van der Waals surface area (Å²) in [5.41, 5.74) is 1.61. The number of allylic oxidation sites excluding steroid dienone is 1. The van der Waals surface area contributed by atoms with Gasteiger partial charge in [0.25, 0.3) is 0 Å². The average Bonchev–Trinajstić information content (AvgIpc) is 2.45. The summed E-state index contributed by atoms with van der Waals surface area (Å²) < 4.78 is 5.01. The lowest BCUT2D eigenvalue weighted by Gasteiger charge is -2.24. The molecule has 1 aromatic carbocycles. The topological polar surface area (TPSA) is 67.4 Å². The molecule has 0 fully saturated rings. The van der Waals surface area contributed by atoms with Crippen molar-refractivity contribution in [1.82, 2.24) is 10.6 Å². The van der Waals surface area contributed by atoms with Crippen molar-refractivity contribution in [3.05, 3.63) is 47.2 Å². The van der Waals surface area contributed by atoms with Gasteiger partial charge in [0.15, 0.2) is 0 Å². The molecule has 5 heteroatoms. The second-order valence-corrected chi connectivity index (χ2v) is 4.43. The van der Waals surface area contributed by atoms with E-state index in [-0.39, 0.29) is 12.6 Å². The predicted octanol–water partition coefficient (Wildman–Crippen LogP) is 1.56. The van der Waals surface area contributed by atoms with E-state index in [2.05, 4.69) is 22.5 Å². The van der Waals surface area contributed by atoms with E-state index in [1.807, 2.05) is 30.3 Å². The van der Waals surface area contributed by atoms with Crippen LogP contribution < -0.4 is 10.6 Å². The van der Waals surface area contributed by atoms with Gasteiger partial charge in [-0.05, 0) is 26.0 Å². The molecule has 5 nitrogen and oxygen atoms in total. The second-order valence-electron chi connectivity index (χ2n) is 4.43. The minimum absolute atomic E-state index is 0.266. The zero-order valence-corrected chi connectivity index (χ0v) is 11.9. The fraction of sp³-hybridized carbons (Fsp3) is 0.250. The van der Waals surface area contributed by atoms with E-state index in [9.17, 15) is 9.59 Å². The lowest BCUT2D eigenvalue weighted by Crippen LogP contribution is -2.49. The summed E-state index contributed by atoms with van der Waals surface area (Å²) in [7, 11) is 0. The van der Waals surface area contributed by atoms with Crippen LogP contribution >= 0.6 is 0 Å². The molecule has 1 unspecified atom stereocenters. The smallest absolute Gasteiger partial charge is 0.338 e. The quantitative estimate of drug-likeness (QED) is 0.639.